The molecule has 0 spiro atoms. The van der Waals surface area contributed by atoms with Gasteiger partial charge in [0.1, 0.15) is 12.0 Å². The predicted molar refractivity (Wildman–Crippen MR) is 75.1 cm³/mol. The monoisotopic (exact) mass is 260 g/mol. The first kappa shape index (κ1) is 13.6. The van der Waals surface area contributed by atoms with Crippen LogP contribution >= 0.6 is 0 Å². The number of nitrogens with one attached hydrogen (secondary N) is 1. The van der Waals surface area contributed by atoms with Gasteiger partial charge < -0.3 is 14.5 Å². The van der Waals surface area contributed by atoms with Crippen molar-refractivity contribution in [1.29, 1.82) is 0 Å². The van der Waals surface area contributed by atoms with Crippen LogP contribution in [0.2, 0.25) is 0 Å². The molecule has 0 aliphatic rings. The number of ether oxygens (including phenoxy) is 1. The van der Waals surface area contributed by atoms with Crippen LogP contribution < -0.4 is 10.1 Å². The quantitative estimate of drug-likeness (QED) is 0.866. The van der Waals surface area contributed by atoms with E-state index >= 15 is 0 Å². The third-order valence-electron chi connectivity index (χ3n) is 2.56. The molecule has 1 aromatic carbocycles. The number of oxazole rings is 1. The molecule has 4 nitrogen and oxygen atoms in total. The lowest BCUT2D eigenvalue weighted by Gasteiger charge is -2.09. The molecular weight excluding hydrogens is 240 g/mol. The number of hydrogen-bond donors (Lipinski definition) is 1. The van der Waals surface area contributed by atoms with Crippen molar-refractivity contribution >= 4 is 0 Å². The SMILES string of the molecule is CCNCc1coc(-c2cccc(OC(C)C)c2)n1. The molecule has 2 rings (SSSR count). The van der Waals surface area contributed by atoms with E-state index in [0.29, 0.717) is 5.89 Å². The van der Waals surface area contributed by atoms with Crippen LogP contribution in [0, 0.1) is 0 Å². The topological polar surface area (TPSA) is 47.3 Å². The largest absolute Gasteiger partial charge is 0.491 e. The summed E-state index contributed by atoms with van der Waals surface area (Å²) in [7, 11) is 0. The molecule has 0 aliphatic heterocycles. The van der Waals surface area contributed by atoms with Crippen molar-refractivity contribution in [3.63, 3.8) is 0 Å². The smallest absolute Gasteiger partial charge is 0.226 e. The third-order valence-corrected chi connectivity index (χ3v) is 2.56. The number of aromatic nitrogens is 1. The van der Waals surface area contributed by atoms with Gasteiger partial charge in [0, 0.05) is 12.1 Å². The average Bonchev–Trinajstić information content (AvgIpc) is 2.84. The Kier molecular flexibility index (Phi) is 4.58. The van der Waals surface area contributed by atoms with Crippen LogP contribution in [0.5, 0.6) is 5.75 Å². The van der Waals surface area contributed by atoms with E-state index in [1.165, 1.54) is 0 Å². The van der Waals surface area contributed by atoms with Gasteiger partial charge in [-0.2, -0.15) is 0 Å². The van der Waals surface area contributed by atoms with Crippen molar-refractivity contribution in [2.24, 2.45) is 0 Å². The highest BCUT2D eigenvalue weighted by Gasteiger charge is 2.08. The molecule has 102 valence electrons. The van der Waals surface area contributed by atoms with Gasteiger partial charge in [0.15, 0.2) is 0 Å². The second-order valence-corrected chi connectivity index (χ2v) is 4.62. The van der Waals surface area contributed by atoms with E-state index in [4.69, 9.17) is 9.15 Å². The van der Waals surface area contributed by atoms with Gasteiger partial charge >= 0.3 is 0 Å². The fraction of sp³-hybridized carbons (Fsp3) is 0.400. The summed E-state index contributed by atoms with van der Waals surface area (Å²) in [5.74, 6) is 1.46. The van der Waals surface area contributed by atoms with Crippen LogP contribution in [0.3, 0.4) is 0 Å². The number of nitrogens with zero attached hydrogens (tertiary/aromatic N) is 1. The van der Waals surface area contributed by atoms with E-state index in [2.05, 4.69) is 17.2 Å². The molecule has 0 saturated carbocycles. The lowest BCUT2D eigenvalue weighted by Crippen LogP contribution is -2.11. The summed E-state index contributed by atoms with van der Waals surface area (Å²) in [6, 6.07) is 7.80. The van der Waals surface area contributed by atoms with E-state index in [1.807, 2.05) is 38.1 Å². The highest BCUT2D eigenvalue weighted by atomic mass is 16.5. The van der Waals surface area contributed by atoms with Gasteiger partial charge in [-0.15, -0.1) is 0 Å². The zero-order valence-electron chi connectivity index (χ0n) is 11.6. The van der Waals surface area contributed by atoms with Crippen LogP contribution in [0.25, 0.3) is 11.5 Å². The Bertz CT molecular complexity index is 520. The number of benzene rings is 1. The van der Waals surface area contributed by atoms with Gasteiger partial charge in [0.2, 0.25) is 5.89 Å². The zero-order chi connectivity index (χ0) is 13.7. The molecular formula is C15H20N2O2. The minimum atomic E-state index is 0.157. The zero-order valence-corrected chi connectivity index (χ0v) is 11.6. The van der Waals surface area contributed by atoms with Gasteiger partial charge in [-0.3, -0.25) is 0 Å². The highest BCUT2D eigenvalue weighted by molar-refractivity contribution is 5.56. The lowest BCUT2D eigenvalue weighted by molar-refractivity contribution is 0.242. The van der Waals surface area contributed by atoms with Gasteiger partial charge in [-0.25, -0.2) is 4.98 Å². The van der Waals surface area contributed by atoms with E-state index in [-0.39, 0.29) is 6.10 Å². The first-order valence-corrected chi connectivity index (χ1v) is 6.61. The Morgan fingerprint density at radius 3 is 2.95 bits per heavy atom. The Labute approximate surface area is 113 Å². The van der Waals surface area contributed by atoms with Crippen molar-refractivity contribution in [1.82, 2.24) is 10.3 Å². The second-order valence-electron chi connectivity index (χ2n) is 4.62. The molecule has 1 N–H and O–H groups in total. The molecule has 0 radical (unpaired) electrons. The van der Waals surface area contributed by atoms with Crippen molar-refractivity contribution < 1.29 is 9.15 Å². The number of hydrogen-bond acceptors (Lipinski definition) is 4. The first-order valence-electron chi connectivity index (χ1n) is 6.61. The van der Waals surface area contributed by atoms with Crippen molar-refractivity contribution in [3.05, 3.63) is 36.2 Å². The standard InChI is InChI=1S/C15H20N2O2/c1-4-16-9-13-10-18-15(17-13)12-6-5-7-14(8-12)19-11(2)3/h5-8,10-11,16H,4,9H2,1-3H3. The van der Waals surface area contributed by atoms with Gasteiger partial charge in [-0.05, 0) is 38.6 Å². The van der Waals surface area contributed by atoms with Crippen LogP contribution in [0.15, 0.2) is 34.9 Å². The molecule has 1 aromatic heterocycles. The number of rotatable bonds is 6. The van der Waals surface area contributed by atoms with Crippen molar-refractivity contribution in [3.8, 4) is 17.2 Å². The Morgan fingerprint density at radius 2 is 2.21 bits per heavy atom. The summed E-state index contributed by atoms with van der Waals surface area (Å²) in [5, 5.41) is 3.22. The van der Waals surface area contributed by atoms with Crippen LogP contribution in [-0.4, -0.2) is 17.6 Å². The molecule has 0 atom stereocenters. The van der Waals surface area contributed by atoms with Gasteiger partial charge in [-0.1, -0.05) is 13.0 Å². The van der Waals surface area contributed by atoms with Crippen LogP contribution in [0.1, 0.15) is 26.5 Å². The molecule has 4 heteroatoms. The van der Waals surface area contributed by atoms with Gasteiger partial charge in [0.25, 0.3) is 0 Å². The minimum absolute atomic E-state index is 0.157. The van der Waals surface area contributed by atoms with Crippen molar-refractivity contribution in [2.45, 2.75) is 33.4 Å². The summed E-state index contributed by atoms with van der Waals surface area (Å²) in [6.45, 7) is 7.72. The molecule has 19 heavy (non-hydrogen) atoms. The molecule has 0 unspecified atom stereocenters. The predicted octanol–water partition coefficient (Wildman–Crippen LogP) is 3.24. The average molecular weight is 260 g/mol. The minimum Gasteiger partial charge on any atom is -0.491 e. The second kappa shape index (κ2) is 6.38. The van der Waals surface area contributed by atoms with Gasteiger partial charge in [0.05, 0.1) is 11.8 Å². The first-order chi connectivity index (χ1) is 9.19. The fourth-order valence-electron chi connectivity index (χ4n) is 1.75. The molecule has 2 aromatic rings. The van der Waals surface area contributed by atoms with E-state index in [0.717, 1.165) is 30.1 Å². The maximum absolute atomic E-state index is 5.67. The molecule has 1 heterocycles. The van der Waals surface area contributed by atoms with E-state index < -0.39 is 0 Å². The fourth-order valence-corrected chi connectivity index (χ4v) is 1.75. The Morgan fingerprint density at radius 1 is 1.37 bits per heavy atom. The summed E-state index contributed by atoms with van der Waals surface area (Å²) in [5.41, 5.74) is 1.84. The lowest BCUT2D eigenvalue weighted by atomic mass is 10.2. The molecule has 0 fully saturated rings. The summed E-state index contributed by atoms with van der Waals surface area (Å²) < 4.78 is 11.2. The van der Waals surface area contributed by atoms with E-state index in [1.54, 1.807) is 6.26 Å². The Balaban J connectivity index is 2.14. The van der Waals surface area contributed by atoms with Crippen LogP contribution in [0.4, 0.5) is 0 Å². The molecule has 0 amide bonds. The summed E-state index contributed by atoms with van der Waals surface area (Å²) in [4.78, 5) is 4.45. The molecule has 0 aliphatic carbocycles. The maximum atomic E-state index is 5.67. The van der Waals surface area contributed by atoms with E-state index in [9.17, 15) is 0 Å². The Hall–Kier alpha value is -1.81. The summed E-state index contributed by atoms with van der Waals surface area (Å²) >= 11 is 0. The highest BCUT2D eigenvalue weighted by Crippen LogP contribution is 2.23. The van der Waals surface area contributed by atoms with Crippen LogP contribution in [-0.2, 0) is 6.54 Å². The third kappa shape index (κ3) is 3.83. The summed E-state index contributed by atoms with van der Waals surface area (Å²) in [6.07, 6.45) is 1.85. The molecule has 0 saturated heterocycles. The maximum Gasteiger partial charge on any atom is 0.226 e. The molecule has 0 bridgehead atoms. The van der Waals surface area contributed by atoms with Crippen molar-refractivity contribution in [2.75, 3.05) is 6.54 Å². The normalized spacial score (nSPS) is 10.9.